The monoisotopic (exact) mass is 298 g/mol. The van der Waals surface area contributed by atoms with Crippen molar-refractivity contribution in [3.8, 4) is 0 Å². The van der Waals surface area contributed by atoms with Crippen molar-refractivity contribution in [1.29, 1.82) is 0 Å². The summed E-state index contributed by atoms with van der Waals surface area (Å²) in [5.74, 6) is -1.52. The fraction of sp³-hybridized carbons (Fsp3) is 0.111. The van der Waals surface area contributed by atoms with E-state index in [1.165, 1.54) is 0 Å². The Balaban J connectivity index is 2.89. The average molecular weight is 299 g/mol. The lowest BCUT2D eigenvalue weighted by molar-refractivity contribution is -0.142. The number of alkyl halides is 3. The van der Waals surface area contributed by atoms with E-state index in [0.717, 1.165) is 6.07 Å². The van der Waals surface area contributed by atoms with Gasteiger partial charge in [-0.25, -0.2) is 9.31 Å². The molecule has 1 N–H and O–H groups in total. The van der Waals surface area contributed by atoms with E-state index in [1.807, 2.05) is 0 Å². The molecular formula is C9H3Cl2F3N2O2. The summed E-state index contributed by atoms with van der Waals surface area (Å²) in [4.78, 5) is 10.8. The van der Waals surface area contributed by atoms with Crippen LogP contribution in [0.3, 0.4) is 0 Å². The summed E-state index contributed by atoms with van der Waals surface area (Å²) in [5.41, 5.74) is -2.07. The van der Waals surface area contributed by atoms with Crippen LogP contribution in [0.2, 0.25) is 10.0 Å². The summed E-state index contributed by atoms with van der Waals surface area (Å²) in [6.45, 7) is 0. The average Bonchev–Trinajstić information content (AvgIpc) is 2.54. The first-order valence-corrected chi connectivity index (χ1v) is 5.15. The zero-order valence-corrected chi connectivity index (χ0v) is 9.81. The van der Waals surface area contributed by atoms with Crippen LogP contribution in [-0.2, 0) is 6.18 Å². The Bertz CT molecular complexity index is 651. The second kappa shape index (κ2) is 4.03. The summed E-state index contributed by atoms with van der Waals surface area (Å²) in [5, 5.41) is 11.5. The van der Waals surface area contributed by atoms with Gasteiger partial charge >= 0.3 is 12.1 Å². The molecular weight excluding hydrogens is 296 g/mol. The number of hydrogen-bond acceptors (Lipinski definition) is 2. The second-order valence-corrected chi connectivity index (χ2v) is 4.14. The van der Waals surface area contributed by atoms with E-state index in [0.29, 0.717) is 10.6 Å². The van der Waals surface area contributed by atoms with Gasteiger partial charge in [-0.3, -0.25) is 0 Å². The molecule has 9 heteroatoms. The fourth-order valence-corrected chi connectivity index (χ4v) is 1.88. The Morgan fingerprint density at radius 2 is 1.94 bits per heavy atom. The van der Waals surface area contributed by atoms with Gasteiger partial charge in [-0.05, 0) is 12.1 Å². The molecule has 2 aromatic rings. The van der Waals surface area contributed by atoms with Crippen LogP contribution >= 0.6 is 23.2 Å². The van der Waals surface area contributed by atoms with E-state index in [4.69, 9.17) is 28.3 Å². The highest BCUT2D eigenvalue weighted by Gasteiger charge is 2.35. The number of carboxylic acids is 1. The lowest BCUT2D eigenvalue weighted by atomic mass is 10.3. The molecule has 0 radical (unpaired) electrons. The topological polar surface area (TPSA) is 54.6 Å². The Morgan fingerprint density at radius 1 is 1.33 bits per heavy atom. The van der Waals surface area contributed by atoms with Gasteiger partial charge in [-0.15, -0.1) is 0 Å². The van der Waals surface area contributed by atoms with E-state index in [-0.39, 0.29) is 10.5 Å². The Morgan fingerprint density at radius 3 is 2.44 bits per heavy atom. The van der Waals surface area contributed by atoms with Crippen molar-refractivity contribution < 1.29 is 23.1 Å². The maximum absolute atomic E-state index is 12.7. The third-order valence-electron chi connectivity index (χ3n) is 2.13. The van der Waals surface area contributed by atoms with Crippen molar-refractivity contribution in [2.45, 2.75) is 6.18 Å². The molecule has 96 valence electrons. The maximum Gasteiger partial charge on any atom is 0.433 e. The number of carbonyl (C=O) groups is 1. The van der Waals surface area contributed by atoms with E-state index >= 15 is 0 Å². The number of aromatic nitrogens is 2. The van der Waals surface area contributed by atoms with Gasteiger partial charge in [0.2, 0.25) is 0 Å². The van der Waals surface area contributed by atoms with Crippen LogP contribution in [0.1, 0.15) is 16.2 Å². The molecule has 0 aliphatic heterocycles. The molecule has 0 aromatic carbocycles. The van der Waals surface area contributed by atoms with Crippen LogP contribution in [-0.4, -0.2) is 20.7 Å². The summed E-state index contributed by atoms with van der Waals surface area (Å²) in [6.07, 6.45) is -4.73. The molecule has 0 amide bonds. The van der Waals surface area contributed by atoms with Crippen LogP contribution in [0.5, 0.6) is 0 Å². The van der Waals surface area contributed by atoms with Crippen molar-refractivity contribution in [2.24, 2.45) is 0 Å². The summed E-state index contributed by atoms with van der Waals surface area (Å²) in [6, 6.07) is 1.75. The third-order valence-corrected chi connectivity index (χ3v) is 2.72. The molecule has 0 fully saturated rings. The molecule has 0 atom stereocenters. The van der Waals surface area contributed by atoms with Crippen LogP contribution in [0.25, 0.3) is 5.52 Å². The van der Waals surface area contributed by atoms with Gasteiger partial charge in [-0.1, -0.05) is 23.2 Å². The normalized spacial score (nSPS) is 12.1. The lowest BCUT2D eigenvalue weighted by Gasteiger charge is -2.09. The third kappa shape index (κ3) is 1.99. The van der Waals surface area contributed by atoms with Gasteiger partial charge < -0.3 is 5.11 Å². The number of aromatic carboxylic acids is 1. The minimum Gasteiger partial charge on any atom is -0.476 e. The molecule has 0 unspecified atom stereocenters. The number of pyridine rings is 1. The van der Waals surface area contributed by atoms with Crippen molar-refractivity contribution in [2.75, 3.05) is 0 Å². The summed E-state index contributed by atoms with van der Waals surface area (Å²) >= 11 is 11.2. The van der Waals surface area contributed by atoms with Gasteiger partial charge in [0.1, 0.15) is 10.7 Å². The van der Waals surface area contributed by atoms with Gasteiger partial charge in [0.25, 0.3) is 0 Å². The molecule has 0 bridgehead atoms. The largest absolute Gasteiger partial charge is 0.476 e. The van der Waals surface area contributed by atoms with Gasteiger partial charge in [0, 0.05) is 5.02 Å². The molecule has 0 spiro atoms. The number of hydrogen-bond donors (Lipinski definition) is 1. The predicted molar refractivity (Wildman–Crippen MR) is 57.2 cm³/mol. The predicted octanol–water partition coefficient (Wildman–Crippen LogP) is 3.36. The van der Waals surface area contributed by atoms with Crippen molar-refractivity contribution in [3.63, 3.8) is 0 Å². The molecule has 2 heterocycles. The second-order valence-electron chi connectivity index (χ2n) is 3.32. The first-order chi connectivity index (χ1) is 8.21. The van der Waals surface area contributed by atoms with Crippen molar-refractivity contribution in [1.82, 2.24) is 9.61 Å². The fourth-order valence-electron chi connectivity index (χ4n) is 1.42. The molecule has 18 heavy (non-hydrogen) atoms. The van der Waals surface area contributed by atoms with E-state index in [2.05, 4.69) is 5.10 Å². The number of nitrogens with zero attached hydrogens (tertiary/aromatic N) is 2. The van der Waals surface area contributed by atoms with E-state index < -0.39 is 28.6 Å². The van der Waals surface area contributed by atoms with Crippen molar-refractivity contribution in [3.05, 3.63) is 33.6 Å². The van der Waals surface area contributed by atoms with Crippen LogP contribution < -0.4 is 0 Å². The summed E-state index contributed by atoms with van der Waals surface area (Å²) < 4.78 is 38.6. The standard InChI is InChI=1S/C9H3Cl2F3N2O2/c10-3-1-4-6(11)7(8(17)18)15-16(4)5(2-3)9(12,13)14/h1-2H,(H,17,18). The van der Waals surface area contributed by atoms with E-state index in [9.17, 15) is 18.0 Å². The molecule has 2 rings (SSSR count). The maximum atomic E-state index is 12.7. The highest BCUT2D eigenvalue weighted by Crippen LogP contribution is 2.34. The number of carboxylic acid groups (broad SMARTS) is 1. The number of fused-ring (bicyclic) bond motifs is 1. The highest BCUT2D eigenvalue weighted by molar-refractivity contribution is 6.37. The quantitative estimate of drug-likeness (QED) is 0.878. The van der Waals surface area contributed by atoms with Gasteiger partial charge in [0.05, 0.1) is 5.52 Å². The molecule has 0 saturated heterocycles. The Labute approximate surface area is 108 Å². The van der Waals surface area contributed by atoms with Gasteiger partial charge in [-0.2, -0.15) is 18.3 Å². The molecule has 2 aromatic heterocycles. The minimum atomic E-state index is -4.73. The minimum absolute atomic E-state index is 0.214. The highest BCUT2D eigenvalue weighted by atomic mass is 35.5. The number of halogens is 5. The molecule has 0 saturated carbocycles. The molecule has 0 aliphatic rings. The van der Waals surface area contributed by atoms with Gasteiger partial charge in [0.15, 0.2) is 5.69 Å². The summed E-state index contributed by atoms with van der Waals surface area (Å²) in [7, 11) is 0. The van der Waals surface area contributed by atoms with Crippen molar-refractivity contribution >= 4 is 34.7 Å². The smallest absolute Gasteiger partial charge is 0.433 e. The first-order valence-electron chi connectivity index (χ1n) is 4.40. The lowest BCUT2D eigenvalue weighted by Crippen LogP contribution is -2.12. The zero-order valence-electron chi connectivity index (χ0n) is 8.29. The zero-order chi connectivity index (χ0) is 13.7. The number of rotatable bonds is 1. The molecule has 4 nitrogen and oxygen atoms in total. The van der Waals surface area contributed by atoms with Crippen LogP contribution in [0.4, 0.5) is 13.2 Å². The van der Waals surface area contributed by atoms with E-state index in [1.54, 1.807) is 0 Å². The Hall–Kier alpha value is -1.47. The SMILES string of the molecule is O=C(O)c1nn2c(C(F)(F)F)cc(Cl)cc2c1Cl. The van der Waals surface area contributed by atoms with Crippen LogP contribution in [0, 0.1) is 0 Å². The molecule has 0 aliphatic carbocycles. The van der Waals surface area contributed by atoms with Crippen LogP contribution in [0.15, 0.2) is 12.1 Å². The Kier molecular flexibility index (Phi) is 2.90. The first kappa shape index (κ1) is 13.0.